The predicted molar refractivity (Wildman–Crippen MR) is 128 cm³/mol. The highest BCUT2D eigenvalue weighted by Crippen LogP contribution is 2.40. The number of para-hydroxylation sites is 1. The Labute approximate surface area is 183 Å². The number of ether oxygens (including phenoxy) is 2. The molecule has 0 atom stereocenters. The van der Waals surface area contributed by atoms with Crippen LogP contribution < -0.4 is 15.2 Å². The maximum Gasteiger partial charge on any atom is 0.161 e. The molecule has 0 radical (unpaired) electrons. The summed E-state index contributed by atoms with van der Waals surface area (Å²) < 4.78 is 11.2. The van der Waals surface area contributed by atoms with Crippen molar-refractivity contribution in [1.82, 2.24) is 4.98 Å². The van der Waals surface area contributed by atoms with Crippen molar-refractivity contribution in [2.75, 3.05) is 14.2 Å². The molecular formula is C27H28N2O2. The quantitative estimate of drug-likeness (QED) is 0.430. The van der Waals surface area contributed by atoms with Gasteiger partial charge in [0.05, 0.1) is 25.4 Å². The third kappa shape index (κ3) is 4.39. The number of nitrogens with zero attached hydrogens (tertiary/aromatic N) is 1. The average molecular weight is 413 g/mol. The first-order valence-corrected chi connectivity index (χ1v) is 10.4. The Bertz CT molecular complexity index is 1210. The molecule has 0 aliphatic heterocycles. The van der Waals surface area contributed by atoms with Crippen LogP contribution in [0.1, 0.15) is 19.4 Å². The second-order valence-corrected chi connectivity index (χ2v) is 8.47. The topological polar surface area (TPSA) is 57.4 Å². The van der Waals surface area contributed by atoms with E-state index in [1.165, 1.54) is 0 Å². The lowest BCUT2D eigenvalue weighted by molar-refractivity contribution is 0.354. The molecular weight excluding hydrogens is 384 g/mol. The van der Waals surface area contributed by atoms with E-state index in [1.54, 1.807) is 14.2 Å². The van der Waals surface area contributed by atoms with Crippen molar-refractivity contribution in [3.8, 4) is 33.9 Å². The van der Waals surface area contributed by atoms with Gasteiger partial charge in [0.15, 0.2) is 11.5 Å². The van der Waals surface area contributed by atoms with Crippen LogP contribution in [0, 0.1) is 0 Å². The van der Waals surface area contributed by atoms with Gasteiger partial charge >= 0.3 is 0 Å². The lowest BCUT2D eigenvalue weighted by Gasteiger charge is -2.23. The molecule has 4 rings (SSSR count). The van der Waals surface area contributed by atoms with Crippen molar-refractivity contribution >= 4 is 10.9 Å². The van der Waals surface area contributed by atoms with E-state index in [-0.39, 0.29) is 5.54 Å². The van der Waals surface area contributed by atoms with Crippen LogP contribution in [0.2, 0.25) is 0 Å². The maximum absolute atomic E-state index is 6.43. The molecule has 4 heteroatoms. The number of hydrogen-bond donors (Lipinski definition) is 1. The Hall–Kier alpha value is -3.37. The third-order valence-corrected chi connectivity index (χ3v) is 5.33. The van der Waals surface area contributed by atoms with Gasteiger partial charge in [-0.05, 0) is 61.2 Å². The summed E-state index contributed by atoms with van der Waals surface area (Å²) in [6.45, 7) is 4.07. The van der Waals surface area contributed by atoms with E-state index in [1.807, 2.05) is 50.2 Å². The van der Waals surface area contributed by atoms with E-state index in [0.29, 0.717) is 17.9 Å². The highest BCUT2D eigenvalue weighted by atomic mass is 16.5. The fourth-order valence-corrected chi connectivity index (χ4v) is 3.96. The fourth-order valence-electron chi connectivity index (χ4n) is 3.96. The molecule has 0 fully saturated rings. The van der Waals surface area contributed by atoms with Gasteiger partial charge in [-0.15, -0.1) is 0 Å². The van der Waals surface area contributed by atoms with Gasteiger partial charge < -0.3 is 15.2 Å². The molecule has 0 saturated heterocycles. The van der Waals surface area contributed by atoms with Crippen molar-refractivity contribution in [3.05, 3.63) is 78.4 Å². The van der Waals surface area contributed by atoms with E-state index in [2.05, 4.69) is 36.4 Å². The largest absolute Gasteiger partial charge is 0.493 e. The molecule has 3 aromatic carbocycles. The zero-order chi connectivity index (χ0) is 22.0. The maximum atomic E-state index is 6.43. The molecule has 158 valence electrons. The first kappa shape index (κ1) is 20.9. The number of methoxy groups -OCH3 is 2. The molecule has 0 aliphatic carbocycles. The number of rotatable bonds is 6. The van der Waals surface area contributed by atoms with Crippen molar-refractivity contribution in [3.63, 3.8) is 0 Å². The van der Waals surface area contributed by atoms with Crippen molar-refractivity contribution < 1.29 is 9.47 Å². The van der Waals surface area contributed by atoms with Crippen molar-refractivity contribution in [2.24, 2.45) is 5.73 Å². The van der Waals surface area contributed by atoms with Gasteiger partial charge in [0.1, 0.15) is 0 Å². The van der Waals surface area contributed by atoms with Gasteiger partial charge in [-0.1, -0.05) is 48.5 Å². The first-order chi connectivity index (χ1) is 14.9. The number of hydrogen-bond acceptors (Lipinski definition) is 4. The van der Waals surface area contributed by atoms with Crippen molar-refractivity contribution in [1.29, 1.82) is 0 Å². The summed E-state index contributed by atoms with van der Waals surface area (Å²) in [6, 6.07) is 24.7. The molecule has 0 bridgehead atoms. The van der Waals surface area contributed by atoms with E-state index in [0.717, 1.165) is 38.9 Å². The zero-order valence-corrected chi connectivity index (χ0v) is 18.5. The average Bonchev–Trinajstić information content (AvgIpc) is 2.77. The number of nitrogens with two attached hydrogens (primary N) is 1. The summed E-state index contributed by atoms with van der Waals surface area (Å²) in [5.74, 6) is 1.39. The number of aromatic nitrogens is 1. The van der Waals surface area contributed by atoms with E-state index in [9.17, 15) is 0 Å². The van der Waals surface area contributed by atoms with Gasteiger partial charge in [0, 0.05) is 16.5 Å². The standard InChI is InChI=1S/C27H28N2O2/c1-27(2,28)17-19-14-25(30-3)26(31-4)16-21(19)22-15-24(18-10-6-5-7-11-18)29-23-13-9-8-12-20(22)23/h5-16H,17,28H2,1-4H3. The van der Waals surface area contributed by atoms with E-state index < -0.39 is 0 Å². The fraction of sp³-hybridized carbons (Fsp3) is 0.222. The van der Waals surface area contributed by atoms with Crippen LogP contribution in [-0.2, 0) is 6.42 Å². The number of pyridine rings is 1. The lowest BCUT2D eigenvalue weighted by atomic mass is 9.88. The van der Waals surface area contributed by atoms with Gasteiger partial charge in [0.2, 0.25) is 0 Å². The Kier molecular flexibility index (Phi) is 5.66. The van der Waals surface area contributed by atoms with Crippen LogP contribution in [0.5, 0.6) is 11.5 Å². The highest BCUT2D eigenvalue weighted by molar-refractivity contribution is 5.98. The summed E-state index contributed by atoms with van der Waals surface area (Å²) >= 11 is 0. The van der Waals surface area contributed by atoms with Gasteiger partial charge in [-0.25, -0.2) is 4.98 Å². The molecule has 0 unspecified atom stereocenters. The summed E-state index contributed by atoms with van der Waals surface area (Å²) in [5.41, 5.74) is 12.3. The van der Waals surface area contributed by atoms with Crippen LogP contribution >= 0.6 is 0 Å². The highest BCUT2D eigenvalue weighted by Gasteiger charge is 2.21. The minimum Gasteiger partial charge on any atom is -0.493 e. The summed E-state index contributed by atoms with van der Waals surface area (Å²) in [6.07, 6.45) is 0.694. The van der Waals surface area contributed by atoms with Crippen molar-refractivity contribution in [2.45, 2.75) is 25.8 Å². The molecule has 4 aromatic rings. The molecule has 2 N–H and O–H groups in total. The Balaban J connectivity index is 2.03. The third-order valence-electron chi connectivity index (χ3n) is 5.33. The van der Waals surface area contributed by atoms with Crippen LogP contribution in [0.25, 0.3) is 33.3 Å². The van der Waals surface area contributed by atoms with Crippen LogP contribution in [0.15, 0.2) is 72.8 Å². The van der Waals surface area contributed by atoms with E-state index in [4.69, 9.17) is 20.2 Å². The number of fused-ring (bicyclic) bond motifs is 1. The van der Waals surface area contributed by atoms with Crippen LogP contribution in [-0.4, -0.2) is 24.7 Å². The minimum atomic E-state index is -0.376. The second kappa shape index (κ2) is 8.40. The minimum absolute atomic E-state index is 0.376. The van der Waals surface area contributed by atoms with Gasteiger partial charge in [-0.2, -0.15) is 0 Å². The van der Waals surface area contributed by atoms with Crippen LogP contribution in [0.4, 0.5) is 0 Å². The molecule has 0 saturated carbocycles. The smallest absolute Gasteiger partial charge is 0.161 e. The molecule has 0 aliphatic rings. The summed E-state index contributed by atoms with van der Waals surface area (Å²) in [7, 11) is 3.32. The zero-order valence-electron chi connectivity index (χ0n) is 18.5. The summed E-state index contributed by atoms with van der Waals surface area (Å²) in [5, 5.41) is 1.09. The first-order valence-electron chi connectivity index (χ1n) is 10.4. The predicted octanol–water partition coefficient (Wildman–Crippen LogP) is 5.87. The lowest BCUT2D eigenvalue weighted by Crippen LogP contribution is -2.34. The van der Waals surface area contributed by atoms with Gasteiger partial charge in [-0.3, -0.25) is 0 Å². The molecule has 31 heavy (non-hydrogen) atoms. The molecule has 4 nitrogen and oxygen atoms in total. The van der Waals surface area contributed by atoms with E-state index >= 15 is 0 Å². The normalized spacial score (nSPS) is 11.5. The molecule has 0 spiro atoms. The Morgan fingerprint density at radius 2 is 1.45 bits per heavy atom. The Morgan fingerprint density at radius 1 is 0.806 bits per heavy atom. The van der Waals surface area contributed by atoms with Crippen LogP contribution in [0.3, 0.4) is 0 Å². The molecule has 1 heterocycles. The Morgan fingerprint density at radius 3 is 2.13 bits per heavy atom. The summed E-state index contributed by atoms with van der Waals surface area (Å²) in [4.78, 5) is 4.93. The van der Waals surface area contributed by atoms with Gasteiger partial charge in [0.25, 0.3) is 0 Å². The second-order valence-electron chi connectivity index (χ2n) is 8.47. The SMILES string of the molecule is COc1cc(CC(C)(C)N)c(-c2cc(-c3ccccc3)nc3ccccc23)cc1OC. The monoisotopic (exact) mass is 412 g/mol. The molecule has 1 aromatic heterocycles. The molecule has 0 amide bonds. The number of benzene rings is 3.